The van der Waals surface area contributed by atoms with E-state index in [0.717, 1.165) is 12.1 Å². The SMILES string of the molecule is CC(C)CCNC(=O)C1CCC(=O)N1c1ccccc1. The fourth-order valence-corrected chi connectivity index (χ4v) is 2.45. The maximum Gasteiger partial charge on any atom is 0.243 e. The number of rotatable bonds is 5. The van der Waals surface area contributed by atoms with E-state index in [1.54, 1.807) is 4.90 Å². The number of anilines is 1. The van der Waals surface area contributed by atoms with Crippen LogP contribution in [0.2, 0.25) is 0 Å². The lowest BCUT2D eigenvalue weighted by atomic mass is 10.1. The number of benzene rings is 1. The maximum absolute atomic E-state index is 12.3. The summed E-state index contributed by atoms with van der Waals surface area (Å²) in [5, 5.41) is 2.94. The molecule has 0 bridgehead atoms. The second-order valence-corrected chi connectivity index (χ2v) is 5.63. The van der Waals surface area contributed by atoms with Crippen LogP contribution in [0, 0.1) is 5.92 Å². The minimum Gasteiger partial charge on any atom is -0.354 e. The summed E-state index contributed by atoms with van der Waals surface area (Å²) < 4.78 is 0. The van der Waals surface area contributed by atoms with Gasteiger partial charge in [-0.3, -0.25) is 14.5 Å². The summed E-state index contributed by atoms with van der Waals surface area (Å²) in [6.45, 7) is 4.92. The smallest absolute Gasteiger partial charge is 0.243 e. The fourth-order valence-electron chi connectivity index (χ4n) is 2.45. The Morgan fingerprint density at radius 3 is 2.70 bits per heavy atom. The van der Waals surface area contributed by atoms with Crippen LogP contribution >= 0.6 is 0 Å². The molecule has 1 fully saturated rings. The minimum atomic E-state index is -0.364. The molecule has 0 aromatic heterocycles. The summed E-state index contributed by atoms with van der Waals surface area (Å²) in [7, 11) is 0. The molecule has 1 aromatic rings. The van der Waals surface area contributed by atoms with E-state index in [-0.39, 0.29) is 17.9 Å². The molecule has 1 N–H and O–H groups in total. The Balaban J connectivity index is 2.03. The number of carbonyl (C=O) groups excluding carboxylic acids is 2. The third-order valence-corrected chi connectivity index (χ3v) is 3.57. The first-order chi connectivity index (χ1) is 9.59. The van der Waals surface area contributed by atoms with Crippen molar-refractivity contribution >= 4 is 17.5 Å². The van der Waals surface area contributed by atoms with Crippen LogP contribution in [0.15, 0.2) is 30.3 Å². The van der Waals surface area contributed by atoms with Crippen molar-refractivity contribution in [2.24, 2.45) is 5.92 Å². The number of hydrogen-bond acceptors (Lipinski definition) is 2. The highest BCUT2D eigenvalue weighted by atomic mass is 16.2. The first kappa shape index (κ1) is 14.6. The van der Waals surface area contributed by atoms with Gasteiger partial charge >= 0.3 is 0 Å². The van der Waals surface area contributed by atoms with Crippen molar-refractivity contribution in [3.05, 3.63) is 30.3 Å². The molecule has 108 valence electrons. The molecular weight excluding hydrogens is 252 g/mol. The van der Waals surface area contributed by atoms with E-state index in [2.05, 4.69) is 19.2 Å². The van der Waals surface area contributed by atoms with Gasteiger partial charge in [-0.05, 0) is 30.9 Å². The average molecular weight is 274 g/mol. The van der Waals surface area contributed by atoms with E-state index in [1.807, 2.05) is 30.3 Å². The van der Waals surface area contributed by atoms with Gasteiger partial charge in [0.25, 0.3) is 0 Å². The molecular formula is C16H22N2O2. The lowest BCUT2D eigenvalue weighted by molar-refractivity contribution is -0.123. The number of para-hydroxylation sites is 1. The van der Waals surface area contributed by atoms with Gasteiger partial charge in [0.1, 0.15) is 6.04 Å². The van der Waals surface area contributed by atoms with Gasteiger partial charge in [-0.1, -0.05) is 32.0 Å². The number of hydrogen-bond donors (Lipinski definition) is 1. The zero-order chi connectivity index (χ0) is 14.5. The van der Waals surface area contributed by atoms with Gasteiger partial charge in [-0.25, -0.2) is 0 Å². The summed E-state index contributed by atoms with van der Waals surface area (Å²) in [4.78, 5) is 25.9. The molecule has 2 rings (SSSR count). The van der Waals surface area contributed by atoms with Crippen LogP contribution in [0.3, 0.4) is 0 Å². The Labute approximate surface area is 120 Å². The lowest BCUT2D eigenvalue weighted by Gasteiger charge is -2.24. The van der Waals surface area contributed by atoms with Gasteiger partial charge in [0.2, 0.25) is 11.8 Å². The van der Waals surface area contributed by atoms with E-state index in [0.29, 0.717) is 25.3 Å². The topological polar surface area (TPSA) is 49.4 Å². The molecule has 0 saturated carbocycles. The summed E-state index contributed by atoms with van der Waals surface area (Å²) in [6, 6.07) is 9.05. The van der Waals surface area contributed by atoms with E-state index < -0.39 is 0 Å². The van der Waals surface area contributed by atoms with Crippen LogP contribution in [-0.4, -0.2) is 24.4 Å². The van der Waals surface area contributed by atoms with Gasteiger partial charge in [-0.15, -0.1) is 0 Å². The highest BCUT2D eigenvalue weighted by Crippen LogP contribution is 2.26. The van der Waals surface area contributed by atoms with Gasteiger partial charge in [0.05, 0.1) is 0 Å². The standard InChI is InChI=1S/C16H22N2O2/c1-12(2)10-11-17-16(20)14-8-9-15(19)18(14)13-6-4-3-5-7-13/h3-7,12,14H,8-11H2,1-2H3,(H,17,20). The van der Waals surface area contributed by atoms with E-state index in [9.17, 15) is 9.59 Å². The highest BCUT2D eigenvalue weighted by Gasteiger charge is 2.36. The average Bonchev–Trinajstić information content (AvgIpc) is 2.81. The van der Waals surface area contributed by atoms with Crippen molar-refractivity contribution in [2.75, 3.05) is 11.4 Å². The largest absolute Gasteiger partial charge is 0.354 e. The number of nitrogens with zero attached hydrogens (tertiary/aromatic N) is 1. The number of nitrogens with one attached hydrogen (secondary N) is 1. The van der Waals surface area contributed by atoms with Crippen LogP contribution in [0.25, 0.3) is 0 Å². The third kappa shape index (κ3) is 3.38. The van der Waals surface area contributed by atoms with Crippen molar-refractivity contribution in [2.45, 2.75) is 39.2 Å². The lowest BCUT2D eigenvalue weighted by Crippen LogP contribution is -2.45. The second kappa shape index (κ2) is 6.55. The number of carbonyl (C=O) groups is 2. The zero-order valence-corrected chi connectivity index (χ0v) is 12.1. The number of amides is 2. The zero-order valence-electron chi connectivity index (χ0n) is 12.1. The van der Waals surface area contributed by atoms with Gasteiger partial charge in [0, 0.05) is 18.7 Å². The van der Waals surface area contributed by atoms with Gasteiger partial charge < -0.3 is 5.32 Å². The molecule has 1 aliphatic heterocycles. The molecule has 1 aliphatic rings. The van der Waals surface area contributed by atoms with Crippen LogP contribution < -0.4 is 10.2 Å². The Morgan fingerprint density at radius 2 is 2.05 bits per heavy atom. The summed E-state index contributed by atoms with van der Waals surface area (Å²) >= 11 is 0. The summed E-state index contributed by atoms with van der Waals surface area (Å²) in [5.41, 5.74) is 0.805. The molecule has 1 atom stereocenters. The Morgan fingerprint density at radius 1 is 1.35 bits per heavy atom. The highest BCUT2D eigenvalue weighted by molar-refractivity contribution is 6.03. The molecule has 20 heavy (non-hydrogen) atoms. The first-order valence-corrected chi connectivity index (χ1v) is 7.24. The van der Waals surface area contributed by atoms with E-state index in [4.69, 9.17) is 0 Å². The molecule has 0 spiro atoms. The summed E-state index contributed by atoms with van der Waals surface area (Å²) in [6.07, 6.45) is 2.00. The molecule has 2 amide bonds. The van der Waals surface area contributed by atoms with Crippen molar-refractivity contribution in [3.63, 3.8) is 0 Å². The van der Waals surface area contributed by atoms with E-state index in [1.165, 1.54) is 0 Å². The minimum absolute atomic E-state index is 0.0280. The molecule has 1 saturated heterocycles. The fraction of sp³-hybridized carbons (Fsp3) is 0.500. The molecule has 1 unspecified atom stereocenters. The van der Waals surface area contributed by atoms with Gasteiger partial charge in [-0.2, -0.15) is 0 Å². The predicted molar refractivity (Wildman–Crippen MR) is 79.4 cm³/mol. The quantitative estimate of drug-likeness (QED) is 0.896. The molecule has 0 aliphatic carbocycles. The predicted octanol–water partition coefficient (Wildman–Crippen LogP) is 2.34. The Kier molecular flexibility index (Phi) is 4.77. The van der Waals surface area contributed by atoms with Crippen molar-refractivity contribution < 1.29 is 9.59 Å². The molecule has 4 nitrogen and oxygen atoms in total. The second-order valence-electron chi connectivity index (χ2n) is 5.63. The van der Waals surface area contributed by atoms with Crippen LogP contribution in [0.4, 0.5) is 5.69 Å². The molecule has 4 heteroatoms. The van der Waals surface area contributed by atoms with Crippen LogP contribution in [0.1, 0.15) is 33.1 Å². The van der Waals surface area contributed by atoms with Crippen LogP contribution in [0.5, 0.6) is 0 Å². The van der Waals surface area contributed by atoms with Crippen molar-refractivity contribution in [3.8, 4) is 0 Å². The normalized spacial score (nSPS) is 18.6. The molecule has 0 radical (unpaired) electrons. The monoisotopic (exact) mass is 274 g/mol. The molecule has 1 aromatic carbocycles. The Hall–Kier alpha value is -1.84. The Bertz CT molecular complexity index is 471. The van der Waals surface area contributed by atoms with Crippen LogP contribution in [-0.2, 0) is 9.59 Å². The summed E-state index contributed by atoms with van der Waals surface area (Å²) in [5.74, 6) is 0.547. The maximum atomic E-state index is 12.3. The van der Waals surface area contributed by atoms with E-state index >= 15 is 0 Å². The third-order valence-electron chi connectivity index (χ3n) is 3.57. The molecule has 1 heterocycles. The van der Waals surface area contributed by atoms with Crippen molar-refractivity contribution in [1.82, 2.24) is 5.32 Å². The first-order valence-electron chi connectivity index (χ1n) is 7.24. The van der Waals surface area contributed by atoms with Crippen molar-refractivity contribution in [1.29, 1.82) is 0 Å². The van der Waals surface area contributed by atoms with Gasteiger partial charge in [0.15, 0.2) is 0 Å².